The molecule has 1 aromatic heterocycles. The minimum atomic E-state index is -3.69. The van der Waals surface area contributed by atoms with E-state index in [2.05, 4.69) is 4.99 Å². The van der Waals surface area contributed by atoms with Gasteiger partial charge in [0.05, 0.1) is 17.0 Å². The van der Waals surface area contributed by atoms with Crippen LogP contribution in [-0.4, -0.2) is 41.5 Å². The fraction of sp³-hybridized carbons (Fsp3) is 0.500. The molecule has 6 nitrogen and oxygen atoms in total. The first-order chi connectivity index (χ1) is 13.0. The summed E-state index contributed by atoms with van der Waals surface area (Å²) in [5.74, 6) is -0.428. The minimum Gasteiger partial charge on any atom is -0.320 e. The van der Waals surface area contributed by atoms with Crippen molar-refractivity contribution in [2.75, 3.05) is 0 Å². The summed E-state index contributed by atoms with van der Waals surface area (Å²) in [6.45, 7) is 5.99. The Morgan fingerprint density at radius 2 is 2.00 bits per heavy atom. The topological polar surface area (TPSA) is 94.5 Å². The van der Waals surface area contributed by atoms with Gasteiger partial charge < -0.3 is 5.73 Å². The zero-order chi connectivity index (χ0) is 20.7. The molecule has 1 amide bonds. The predicted octanol–water partition coefficient (Wildman–Crippen LogP) is 2.83. The maximum absolute atomic E-state index is 13.3. The van der Waals surface area contributed by atoms with Gasteiger partial charge in [-0.25, -0.2) is 17.8 Å². The second kappa shape index (κ2) is 7.40. The molecule has 0 radical (unpaired) electrons. The molecule has 2 aliphatic rings. The number of carbonyl (C=O) groups excluding carboxylic acids is 1. The Morgan fingerprint density at radius 3 is 2.61 bits per heavy atom. The largest absolute Gasteiger partial charge is 0.320 e. The number of allylic oxidation sites excluding steroid dienone is 2. The third-order valence-corrected chi connectivity index (χ3v) is 6.81. The summed E-state index contributed by atoms with van der Waals surface area (Å²) in [4.78, 5) is 16.5. The third kappa shape index (κ3) is 4.33. The van der Waals surface area contributed by atoms with E-state index in [1.165, 1.54) is 24.5 Å². The second-order valence-electron chi connectivity index (χ2n) is 8.56. The van der Waals surface area contributed by atoms with Gasteiger partial charge in [-0.1, -0.05) is 39.0 Å². The van der Waals surface area contributed by atoms with E-state index in [-0.39, 0.29) is 18.3 Å². The van der Waals surface area contributed by atoms with Gasteiger partial charge in [0.1, 0.15) is 6.17 Å². The molecule has 0 aromatic carbocycles. The summed E-state index contributed by atoms with van der Waals surface area (Å²) in [6.07, 6.45) is 8.89. The minimum absolute atomic E-state index is 0.102. The van der Waals surface area contributed by atoms with E-state index in [9.17, 15) is 17.6 Å². The Labute approximate surface area is 165 Å². The normalized spacial score (nSPS) is 24.5. The molecule has 0 fully saturated rings. The molecule has 3 rings (SSSR count). The fourth-order valence-corrected chi connectivity index (χ4v) is 4.96. The van der Waals surface area contributed by atoms with Crippen molar-refractivity contribution in [2.24, 2.45) is 16.1 Å². The number of hydrogen-bond acceptors (Lipinski definition) is 4. The number of alkyl halides is 1. The molecule has 0 saturated carbocycles. The highest BCUT2D eigenvalue weighted by molar-refractivity contribution is 7.90. The number of nitrogens with two attached hydrogens (primary N) is 1. The van der Waals surface area contributed by atoms with Crippen LogP contribution in [0.5, 0.6) is 0 Å². The molecule has 0 saturated heterocycles. The Morgan fingerprint density at radius 1 is 1.29 bits per heavy atom. The molecule has 3 atom stereocenters. The first kappa shape index (κ1) is 20.7. The lowest BCUT2D eigenvalue weighted by molar-refractivity contribution is -0.119. The third-order valence-electron chi connectivity index (χ3n) is 4.85. The number of rotatable bonds is 4. The Balaban J connectivity index is 1.83. The molecule has 28 heavy (non-hydrogen) atoms. The summed E-state index contributed by atoms with van der Waals surface area (Å²) in [7, 11) is -3.69. The molecule has 0 aliphatic heterocycles. The van der Waals surface area contributed by atoms with Crippen LogP contribution < -0.4 is 5.73 Å². The van der Waals surface area contributed by atoms with Crippen molar-refractivity contribution in [1.82, 2.24) is 3.97 Å². The second-order valence-corrected chi connectivity index (χ2v) is 10.6. The zero-order valence-electron chi connectivity index (χ0n) is 16.3. The Hall–Kier alpha value is -2.06. The van der Waals surface area contributed by atoms with Crippen LogP contribution in [0.15, 0.2) is 35.6 Å². The van der Waals surface area contributed by atoms with Crippen LogP contribution in [0, 0.1) is 5.41 Å². The number of nitrogens with zero attached hydrogens (tertiary/aromatic N) is 2. The molecular weight excluding hydrogens is 381 g/mol. The van der Waals surface area contributed by atoms with Crippen molar-refractivity contribution in [1.29, 1.82) is 0 Å². The number of fused-ring (bicyclic) bond motifs is 1. The molecule has 8 heteroatoms. The van der Waals surface area contributed by atoms with Crippen molar-refractivity contribution in [2.45, 2.75) is 57.5 Å². The van der Waals surface area contributed by atoms with Gasteiger partial charge in [-0.05, 0) is 30.8 Å². The van der Waals surface area contributed by atoms with E-state index in [1.54, 1.807) is 12.2 Å². The van der Waals surface area contributed by atoms with E-state index in [4.69, 9.17) is 5.73 Å². The van der Waals surface area contributed by atoms with Crippen LogP contribution >= 0.6 is 0 Å². The van der Waals surface area contributed by atoms with E-state index in [0.29, 0.717) is 23.3 Å². The smallest absolute Gasteiger partial charge is 0.263 e. The van der Waals surface area contributed by atoms with Crippen molar-refractivity contribution in [3.8, 4) is 0 Å². The van der Waals surface area contributed by atoms with Gasteiger partial charge in [-0.3, -0.25) is 8.77 Å². The van der Waals surface area contributed by atoms with E-state index < -0.39 is 33.4 Å². The SMILES string of the molecule is CC(C)(C)C[C@H](N)C(=O)N=C1C=Cc2cn(S(=O)(=O)C3C=C[C@@H](F)CC3)cc21. The molecule has 1 unspecified atom stereocenters. The Bertz CT molecular complexity index is 967. The van der Waals surface area contributed by atoms with Crippen LogP contribution in [0.1, 0.15) is 51.2 Å². The number of hydrogen-bond donors (Lipinski definition) is 1. The van der Waals surface area contributed by atoms with Crippen molar-refractivity contribution >= 4 is 27.7 Å². The lowest BCUT2D eigenvalue weighted by Crippen LogP contribution is -2.33. The number of carbonyl (C=O) groups is 1. The average molecular weight is 408 g/mol. The monoisotopic (exact) mass is 407 g/mol. The fourth-order valence-electron chi connectivity index (χ4n) is 3.41. The quantitative estimate of drug-likeness (QED) is 0.777. The van der Waals surface area contributed by atoms with Gasteiger partial charge in [0.15, 0.2) is 0 Å². The van der Waals surface area contributed by atoms with Crippen LogP contribution in [0.25, 0.3) is 6.08 Å². The summed E-state index contributed by atoms with van der Waals surface area (Å²) in [5.41, 5.74) is 7.51. The first-order valence-electron chi connectivity index (χ1n) is 9.33. The van der Waals surface area contributed by atoms with Crippen molar-refractivity contribution in [3.63, 3.8) is 0 Å². The van der Waals surface area contributed by atoms with Gasteiger partial charge in [-0.15, -0.1) is 0 Å². The van der Waals surface area contributed by atoms with Gasteiger partial charge in [0, 0.05) is 23.5 Å². The number of aliphatic imine (C=N–C) groups is 1. The standard InChI is InChI=1S/C20H26FN3O3S/c1-20(2,3)10-17(22)19(25)23-18-9-4-13-11-24(12-16(13)18)28(26,27)15-7-5-14(21)6-8-15/h4-5,7,9,11-12,14-15,17H,6,8,10,22H2,1-3H3/t14-,15?,17+/m1/s1. The average Bonchev–Trinajstić information content (AvgIpc) is 3.16. The van der Waals surface area contributed by atoms with Gasteiger partial charge >= 0.3 is 0 Å². The highest BCUT2D eigenvalue weighted by Crippen LogP contribution is 2.27. The number of amides is 1. The lowest BCUT2D eigenvalue weighted by atomic mass is 9.88. The zero-order valence-corrected chi connectivity index (χ0v) is 17.1. The van der Waals surface area contributed by atoms with Crippen molar-refractivity contribution < 1.29 is 17.6 Å². The maximum Gasteiger partial charge on any atom is 0.263 e. The van der Waals surface area contributed by atoms with Crippen LogP contribution in [0.2, 0.25) is 0 Å². The summed E-state index contributed by atoms with van der Waals surface area (Å²) < 4.78 is 40.1. The molecule has 0 bridgehead atoms. The first-order valence-corrected chi connectivity index (χ1v) is 10.8. The molecule has 0 spiro atoms. The molecule has 1 heterocycles. The van der Waals surface area contributed by atoms with Crippen LogP contribution in [-0.2, 0) is 14.8 Å². The van der Waals surface area contributed by atoms with Gasteiger partial charge in [-0.2, -0.15) is 0 Å². The van der Waals surface area contributed by atoms with Gasteiger partial charge in [0.2, 0.25) is 10.0 Å². The van der Waals surface area contributed by atoms with Crippen LogP contribution in [0.3, 0.4) is 0 Å². The van der Waals surface area contributed by atoms with Crippen LogP contribution in [0.4, 0.5) is 4.39 Å². The van der Waals surface area contributed by atoms with Crippen molar-refractivity contribution in [3.05, 3.63) is 41.7 Å². The van der Waals surface area contributed by atoms with E-state index in [1.807, 2.05) is 20.8 Å². The molecule has 1 aromatic rings. The predicted molar refractivity (Wildman–Crippen MR) is 108 cm³/mol. The summed E-state index contributed by atoms with van der Waals surface area (Å²) in [5, 5.41) is -0.766. The Kier molecular flexibility index (Phi) is 5.46. The highest BCUT2D eigenvalue weighted by Gasteiger charge is 2.30. The molecule has 152 valence electrons. The van der Waals surface area contributed by atoms with Gasteiger partial charge in [0.25, 0.3) is 5.91 Å². The number of halogens is 1. The summed E-state index contributed by atoms with van der Waals surface area (Å²) in [6, 6.07) is -0.711. The van der Waals surface area contributed by atoms with E-state index >= 15 is 0 Å². The maximum atomic E-state index is 13.3. The summed E-state index contributed by atoms with van der Waals surface area (Å²) >= 11 is 0. The van der Waals surface area contributed by atoms with E-state index in [0.717, 1.165) is 3.97 Å². The molecular formula is C20H26FN3O3S. The number of aromatic nitrogens is 1. The lowest BCUT2D eigenvalue weighted by Gasteiger charge is -2.21. The highest BCUT2D eigenvalue weighted by atomic mass is 32.2. The molecule has 2 N–H and O–H groups in total. The molecule has 2 aliphatic carbocycles.